The van der Waals surface area contributed by atoms with Crippen LogP contribution in [0.1, 0.15) is 16.5 Å². The van der Waals surface area contributed by atoms with Gasteiger partial charge in [0.25, 0.3) is 0 Å². The third-order valence-corrected chi connectivity index (χ3v) is 5.18. The summed E-state index contributed by atoms with van der Waals surface area (Å²) in [4.78, 5) is 14.6. The number of aryl methyl sites for hydroxylation is 1. The van der Waals surface area contributed by atoms with Crippen LogP contribution in [0.25, 0.3) is 0 Å². The van der Waals surface area contributed by atoms with E-state index in [2.05, 4.69) is 5.32 Å². The number of thioether (sulfide) groups is 1. The molecule has 1 aliphatic rings. The van der Waals surface area contributed by atoms with E-state index in [1.54, 1.807) is 18.9 Å². The van der Waals surface area contributed by atoms with Crippen molar-refractivity contribution in [2.45, 2.75) is 12.3 Å². The van der Waals surface area contributed by atoms with Crippen molar-refractivity contribution in [3.63, 3.8) is 0 Å². The predicted octanol–water partition coefficient (Wildman–Crippen LogP) is 4.28. The Balaban J connectivity index is 1.78. The van der Waals surface area contributed by atoms with Gasteiger partial charge in [0.15, 0.2) is 0 Å². The SMILES string of the molecule is COc1cccc([C@@H]2SCCN2C(=O)Nc2ccccc2C)c1. The molecule has 2 aromatic rings. The zero-order valence-electron chi connectivity index (χ0n) is 13.3. The van der Waals surface area contributed by atoms with E-state index >= 15 is 0 Å². The maximum atomic E-state index is 12.7. The van der Waals surface area contributed by atoms with Gasteiger partial charge in [0.1, 0.15) is 11.1 Å². The fraction of sp³-hybridized carbons (Fsp3) is 0.278. The number of amides is 2. The van der Waals surface area contributed by atoms with Gasteiger partial charge in [0.05, 0.1) is 7.11 Å². The average Bonchev–Trinajstić information content (AvgIpc) is 3.07. The fourth-order valence-electron chi connectivity index (χ4n) is 2.65. The van der Waals surface area contributed by atoms with Gasteiger partial charge in [-0.15, -0.1) is 11.8 Å². The Morgan fingerprint density at radius 1 is 1.26 bits per heavy atom. The van der Waals surface area contributed by atoms with Crippen molar-refractivity contribution in [2.75, 3.05) is 24.7 Å². The lowest BCUT2D eigenvalue weighted by Crippen LogP contribution is -2.34. The number of ether oxygens (including phenoxy) is 1. The molecule has 1 aliphatic heterocycles. The monoisotopic (exact) mass is 328 g/mol. The largest absolute Gasteiger partial charge is 0.497 e. The first-order chi connectivity index (χ1) is 11.2. The zero-order chi connectivity index (χ0) is 16.2. The average molecular weight is 328 g/mol. The number of methoxy groups -OCH3 is 1. The first-order valence-corrected chi connectivity index (χ1v) is 8.63. The molecule has 2 aromatic carbocycles. The van der Waals surface area contributed by atoms with Gasteiger partial charge in [-0.25, -0.2) is 4.79 Å². The number of nitrogens with one attached hydrogen (secondary N) is 1. The number of hydrogen-bond donors (Lipinski definition) is 1. The Bertz CT molecular complexity index is 705. The number of para-hydroxylation sites is 1. The van der Waals surface area contributed by atoms with E-state index in [9.17, 15) is 4.79 Å². The standard InChI is InChI=1S/C18H20N2O2S/c1-13-6-3-4-9-16(13)19-18(21)20-10-11-23-17(20)14-7-5-8-15(12-14)22-2/h3-9,12,17H,10-11H2,1-2H3,(H,19,21)/t17-/m0/s1. The van der Waals surface area contributed by atoms with Crippen molar-refractivity contribution >= 4 is 23.5 Å². The van der Waals surface area contributed by atoms with Gasteiger partial charge in [0.2, 0.25) is 0 Å². The highest BCUT2D eigenvalue weighted by atomic mass is 32.2. The van der Waals surface area contributed by atoms with Crippen molar-refractivity contribution in [2.24, 2.45) is 0 Å². The summed E-state index contributed by atoms with van der Waals surface area (Å²) in [5.41, 5.74) is 3.01. The van der Waals surface area contributed by atoms with E-state index in [-0.39, 0.29) is 11.4 Å². The summed E-state index contributed by atoms with van der Waals surface area (Å²) in [7, 11) is 1.66. The Hall–Kier alpha value is -2.14. The number of urea groups is 1. The van der Waals surface area contributed by atoms with Crippen molar-refractivity contribution in [3.05, 3.63) is 59.7 Å². The Morgan fingerprint density at radius 2 is 2.09 bits per heavy atom. The molecule has 3 rings (SSSR count). The van der Waals surface area contributed by atoms with E-state index in [0.29, 0.717) is 0 Å². The first kappa shape index (κ1) is 15.7. The highest BCUT2D eigenvalue weighted by molar-refractivity contribution is 7.99. The number of carbonyl (C=O) groups is 1. The topological polar surface area (TPSA) is 41.6 Å². The molecule has 0 saturated carbocycles. The summed E-state index contributed by atoms with van der Waals surface area (Å²) in [6.07, 6.45) is 0. The zero-order valence-corrected chi connectivity index (χ0v) is 14.1. The van der Waals surface area contributed by atoms with Gasteiger partial charge in [-0.2, -0.15) is 0 Å². The summed E-state index contributed by atoms with van der Waals surface area (Å²) in [6.45, 7) is 2.73. The Morgan fingerprint density at radius 3 is 2.87 bits per heavy atom. The summed E-state index contributed by atoms with van der Waals surface area (Å²) < 4.78 is 5.29. The number of benzene rings is 2. The summed E-state index contributed by atoms with van der Waals surface area (Å²) in [6, 6.07) is 15.7. The molecule has 0 spiro atoms. The van der Waals surface area contributed by atoms with E-state index in [1.165, 1.54) is 0 Å². The Kier molecular flexibility index (Phi) is 4.76. The first-order valence-electron chi connectivity index (χ1n) is 7.58. The van der Waals surface area contributed by atoms with E-state index in [4.69, 9.17) is 4.74 Å². The molecule has 0 radical (unpaired) electrons. The van der Waals surface area contributed by atoms with Gasteiger partial charge < -0.3 is 15.0 Å². The van der Waals surface area contributed by atoms with Gasteiger partial charge in [0, 0.05) is 18.0 Å². The second kappa shape index (κ2) is 6.96. The lowest BCUT2D eigenvalue weighted by Gasteiger charge is -2.25. The van der Waals surface area contributed by atoms with Crippen LogP contribution in [0, 0.1) is 6.92 Å². The molecule has 120 valence electrons. The Labute approximate surface area is 140 Å². The lowest BCUT2D eigenvalue weighted by molar-refractivity contribution is 0.214. The van der Waals surface area contributed by atoms with Gasteiger partial charge in [-0.1, -0.05) is 30.3 Å². The maximum absolute atomic E-state index is 12.7. The highest BCUT2D eigenvalue weighted by Gasteiger charge is 2.31. The fourth-order valence-corrected chi connectivity index (χ4v) is 3.89. The molecule has 1 atom stereocenters. The summed E-state index contributed by atoms with van der Waals surface area (Å²) in [5.74, 6) is 1.75. The third kappa shape index (κ3) is 3.45. The molecule has 0 unspecified atom stereocenters. The highest BCUT2D eigenvalue weighted by Crippen LogP contribution is 2.39. The van der Waals surface area contributed by atoms with Crippen LogP contribution in [0.15, 0.2) is 48.5 Å². The van der Waals surface area contributed by atoms with Gasteiger partial charge >= 0.3 is 6.03 Å². The third-order valence-electron chi connectivity index (χ3n) is 3.92. The van der Waals surface area contributed by atoms with Crippen molar-refractivity contribution in [1.82, 2.24) is 4.90 Å². The van der Waals surface area contributed by atoms with Gasteiger partial charge in [-0.05, 0) is 36.2 Å². The molecule has 1 N–H and O–H groups in total. The van der Waals surface area contributed by atoms with Crippen LogP contribution in [0.2, 0.25) is 0 Å². The van der Waals surface area contributed by atoms with Crippen LogP contribution in [-0.2, 0) is 0 Å². The molecular formula is C18H20N2O2S. The van der Waals surface area contributed by atoms with E-state index in [1.807, 2.05) is 60.4 Å². The molecule has 0 aromatic heterocycles. The number of hydrogen-bond acceptors (Lipinski definition) is 3. The molecule has 4 nitrogen and oxygen atoms in total. The van der Waals surface area contributed by atoms with Crippen LogP contribution in [0.5, 0.6) is 5.75 Å². The second-order valence-electron chi connectivity index (χ2n) is 5.44. The lowest BCUT2D eigenvalue weighted by atomic mass is 10.2. The van der Waals surface area contributed by atoms with Crippen molar-refractivity contribution in [1.29, 1.82) is 0 Å². The molecule has 0 aliphatic carbocycles. The van der Waals surface area contributed by atoms with Crippen molar-refractivity contribution < 1.29 is 9.53 Å². The van der Waals surface area contributed by atoms with Crippen LogP contribution < -0.4 is 10.1 Å². The predicted molar refractivity (Wildman–Crippen MR) is 95.1 cm³/mol. The van der Waals surface area contributed by atoms with E-state index < -0.39 is 0 Å². The number of nitrogens with zero attached hydrogens (tertiary/aromatic N) is 1. The quantitative estimate of drug-likeness (QED) is 0.914. The molecule has 1 fully saturated rings. The molecule has 1 heterocycles. The second-order valence-corrected chi connectivity index (χ2v) is 6.63. The minimum Gasteiger partial charge on any atom is -0.497 e. The smallest absolute Gasteiger partial charge is 0.323 e. The summed E-state index contributed by atoms with van der Waals surface area (Å²) in [5, 5.41) is 3.05. The molecule has 5 heteroatoms. The van der Waals surface area contributed by atoms with Crippen LogP contribution >= 0.6 is 11.8 Å². The van der Waals surface area contributed by atoms with Crippen molar-refractivity contribution in [3.8, 4) is 5.75 Å². The molecular weight excluding hydrogens is 308 g/mol. The van der Waals surface area contributed by atoms with Gasteiger partial charge in [-0.3, -0.25) is 0 Å². The summed E-state index contributed by atoms with van der Waals surface area (Å²) >= 11 is 1.78. The normalized spacial score (nSPS) is 17.1. The minimum absolute atomic E-state index is 0.0223. The van der Waals surface area contributed by atoms with Crippen LogP contribution in [0.3, 0.4) is 0 Å². The minimum atomic E-state index is -0.0582. The maximum Gasteiger partial charge on any atom is 0.323 e. The number of anilines is 1. The number of carbonyl (C=O) groups excluding carboxylic acids is 1. The molecule has 23 heavy (non-hydrogen) atoms. The molecule has 0 bridgehead atoms. The molecule has 1 saturated heterocycles. The number of rotatable bonds is 3. The van der Waals surface area contributed by atoms with E-state index in [0.717, 1.165) is 34.9 Å². The molecule has 2 amide bonds. The van der Waals surface area contributed by atoms with Crippen LogP contribution in [0.4, 0.5) is 10.5 Å². The van der Waals surface area contributed by atoms with Crippen LogP contribution in [-0.4, -0.2) is 30.3 Å².